The van der Waals surface area contributed by atoms with Gasteiger partial charge >= 0.3 is 5.97 Å². The lowest BCUT2D eigenvalue weighted by Crippen LogP contribution is -2.68. The normalized spacial score (nSPS) is 27.6. The van der Waals surface area contributed by atoms with Crippen LogP contribution in [0.2, 0.25) is 0 Å². The van der Waals surface area contributed by atoms with Crippen LogP contribution in [0, 0.1) is 23.7 Å². The van der Waals surface area contributed by atoms with E-state index in [1.807, 2.05) is 35.2 Å². The Morgan fingerprint density at radius 2 is 1.98 bits per heavy atom. The highest BCUT2D eigenvalue weighted by Gasteiger charge is 2.67. The van der Waals surface area contributed by atoms with Crippen LogP contribution >= 0.6 is 0 Å². The average Bonchev–Trinajstić information content (AvgIpc) is 3.28. The second kappa shape index (κ2) is 10.2. The molecule has 2 fully saturated rings. The number of likely N-dealkylation sites (tertiary alicyclic amines) is 1. The summed E-state index contributed by atoms with van der Waals surface area (Å²) in [7, 11) is 3.82. The summed E-state index contributed by atoms with van der Waals surface area (Å²) >= 11 is 0. The quantitative estimate of drug-likeness (QED) is 0.321. The minimum atomic E-state index is -0.348. The number of hydrogen-bond donors (Lipinski definition) is 0. The van der Waals surface area contributed by atoms with Crippen molar-refractivity contribution in [2.24, 2.45) is 11.8 Å². The molecular weight excluding hydrogens is 504 g/mol. The van der Waals surface area contributed by atoms with Crippen molar-refractivity contribution in [2.45, 2.75) is 70.1 Å². The van der Waals surface area contributed by atoms with Gasteiger partial charge in [-0.1, -0.05) is 38.0 Å². The molecule has 1 amide bonds. The monoisotopic (exact) mass is 542 g/mol. The SMILES string of the molecule is COc1cc(OC(C)=O)c2c3c1O[C@H]1[C@@H](N(CC(C)C)C(=O)C#Cc4ccccc4)CC[C@H]4[C@@H](C2)N(C)CC[C@@]341. The van der Waals surface area contributed by atoms with E-state index in [2.05, 4.69) is 37.6 Å². The number of carbonyl (C=O) groups is 2. The van der Waals surface area contributed by atoms with E-state index < -0.39 is 0 Å². The zero-order chi connectivity index (χ0) is 28.2. The van der Waals surface area contributed by atoms with Crippen molar-refractivity contribution in [3.05, 3.63) is 53.1 Å². The number of carbonyl (C=O) groups excluding carboxylic acids is 2. The maximum atomic E-state index is 13.8. The number of piperidine rings is 1. The molecule has 2 heterocycles. The van der Waals surface area contributed by atoms with Crippen LogP contribution in [0.4, 0.5) is 0 Å². The Hall–Kier alpha value is -3.50. The molecule has 2 aromatic rings. The van der Waals surface area contributed by atoms with Gasteiger partial charge in [0.1, 0.15) is 11.9 Å². The molecular formula is C33H38N2O5. The molecule has 2 bridgehead atoms. The van der Waals surface area contributed by atoms with Gasteiger partial charge in [-0.2, -0.15) is 0 Å². The Morgan fingerprint density at radius 1 is 1.20 bits per heavy atom. The number of esters is 1. The number of amides is 1. The molecule has 0 radical (unpaired) electrons. The molecule has 7 nitrogen and oxygen atoms in total. The number of rotatable bonds is 5. The van der Waals surface area contributed by atoms with Crippen molar-refractivity contribution in [2.75, 3.05) is 27.2 Å². The van der Waals surface area contributed by atoms with E-state index in [9.17, 15) is 9.59 Å². The predicted octanol–water partition coefficient (Wildman–Crippen LogP) is 4.19. The van der Waals surface area contributed by atoms with Crippen LogP contribution in [0.15, 0.2) is 36.4 Å². The van der Waals surface area contributed by atoms with Crippen LogP contribution in [-0.2, 0) is 21.4 Å². The fraction of sp³-hybridized carbons (Fsp3) is 0.515. The second-order valence-corrected chi connectivity index (χ2v) is 12.2. The molecule has 4 aliphatic rings. The van der Waals surface area contributed by atoms with Crippen LogP contribution in [0.1, 0.15) is 56.7 Å². The first-order chi connectivity index (χ1) is 19.2. The molecule has 2 aliphatic heterocycles. The van der Waals surface area contributed by atoms with Crippen LogP contribution in [0.5, 0.6) is 17.2 Å². The van der Waals surface area contributed by atoms with E-state index in [1.54, 1.807) is 13.2 Å². The van der Waals surface area contributed by atoms with Gasteiger partial charge in [-0.25, -0.2) is 0 Å². The highest BCUT2D eigenvalue weighted by molar-refractivity contribution is 5.94. The van der Waals surface area contributed by atoms with Gasteiger partial charge < -0.3 is 24.0 Å². The number of hydrogen-bond acceptors (Lipinski definition) is 6. The van der Waals surface area contributed by atoms with E-state index in [0.29, 0.717) is 30.0 Å². The van der Waals surface area contributed by atoms with E-state index >= 15 is 0 Å². The topological polar surface area (TPSA) is 68.3 Å². The number of benzene rings is 2. The van der Waals surface area contributed by atoms with Crippen molar-refractivity contribution in [1.82, 2.24) is 9.80 Å². The summed E-state index contributed by atoms with van der Waals surface area (Å²) in [6.07, 6.45) is 3.34. The molecule has 0 aromatic heterocycles. The fourth-order valence-corrected chi connectivity index (χ4v) is 7.95. The molecule has 2 aliphatic carbocycles. The van der Waals surface area contributed by atoms with Gasteiger partial charge in [-0.3, -0.25) is 9.59 Å². The van der Waals surface area contributed by atoms with Gasteiger partial charge in [0.2, 0.25) is 0 Å². The summed E-state index contributed by atoms with van der Waals surface area (Å²) in [4.78, 5) is 30.3. The molecule has 2 aromatic carbocycles. The van der Waals surface area contributed by atoms with Gasteiger partial charge in [0.05, 0.1) is 13.2 Å². The minimum absolute atomic E-state index is 0.125. The Balaban J connectivity index is 1.46. The predicted molar refractivity (Wildman–Crippen MR) is 152 cm³/mol. The van der Waals surface area contributed by atoms with Gasteiger partial charge in [0.15, 0.2) is 11.5 Å². The van der Waals surface area contributed by atoms with Gasteiger partial charge in [0, 0.05) is 53.6 Å². The molecule has 1 saturated heterocycles. The Morgan fingerprint density at radius 3 is 2.67 bits per heavy atom. The molecule has 0 unspecified atom stereocenters. The standard InChI is InChI=1S/C33H38N2O5/c1-20(2)19-35(29(37)14-11-22-9-7-6-8-10-22)25-13-12-24-26-17-23-27(39-21(3)36)18-28(38-5)31-30(23)33(24,32(25)40-31)15-16-34(26)4/h6-10,18,20,24-26,32H,12-13,15-17,19H2,1-5H3/t24-,25-,26+,32-,33-/m0/s1. The maximum absolute atomic E-state index is 13.8. The number of methoxy groups -OCH3 is 1. The maximum Gasteiger partial charge on any atom is 0.308 e. The van der Waals surface area contributed by atoms with Crippen molar-refractivity contribution in [3.63, 3.8) is 0 Å². The third-order valence-electron chi connectivity index (χ3n) is 9.42. The first kappa shape index (κ1) is 26.7. The highest BCUT2D eigenvalue weighted by atomic mass is 16.5. The molecule has 6 rings (SSSR count). The van der Waals surface area contributed by atoms with Crippen molar-refractivity contribution in [1.29, 1.82) is 0 Å². The summed E-state index contributed by atoms with van der Waals surface area (Å²) in [5.74, 6) is 8.07. The van der Waals surface area contributed by atoms with E-state index in [4.69, 9.17) is 14.2 Å². The smallest absolute Gasteiger partial charge is 0.308 e. The lowest BCUT2D eigenvalue weighted by atomic mass is 9.51. The van der Waals surface area contributed by atoms with Gasteiger partial charge in [-0.15, -0.1) is 0 Å². The van der Waals surface area contributed by atoms with Crippen LogP contribution in [0.3, 0.4) is 0 Å². The Labute approximate surface area is 236 Å². The number of ether oxygens (including phenoxy) is 3. The van der Waals surface area contributed by atoms with Gasteiger partial charge in [0.25, 0.3) is 5.91 Å². The van der Waals surface area contributed by atoms with Crippen LogP contribution < -0.4 is 14.2 Å². The van der Waals surface area contributed by atoms with Crippen molar-refractivity contribution in [3.8, 4) is 29.1 Å². The summed E-state index contributed by atoms with van der Waals surface area (Å²) in [6, 6.07) is 11.6. The van der Waals surface area contributed by atoms with E-state index in [0.717, 1.165) is 54.7 Å². The molecule has 210 valence electrons. The van der Waals surface area contributed by atoms with Crippen LogP contribution in [0.25, 0.3) is 0 Å². The molecule has 1 spiro atoms. The molecule has 1 saturated carbocycles. The second-order valence-electron chi connectivity index (χ2n) is 12.2. The fourth-order valence-electron chi connectivity index (χ4n) is 7.95. The number of nitrogens with zero attached hydrogens (tertiary/aromatic N) is 2. The Bertz CT molecular complexity index is 1390. The minimum Gasteiger partial charge on any atom is -0.493 e. The number of likely N-dealkylation sites (N-methyl/N-ethyl adjacent to an activating group) is 1. The van der Waals surface area contributed by atoms with E-state index in [-0.39, 0.29) is 35.4 Å². The molecule has 0 N–H and O–H groups in total. The highest BCUT2D eigenvalue weighted by Crippen LogP contribution is 2.65. The largest absolute Gasteiger partial charge is 0.493 e. The van der Waals surface area contributed by atoms with Crippen molar-refractivity contribution >= 4 is 11.9 Å². The van der Waals surface area contributed by atoms with Crippen LogP contribution in [-0.4, -0.2) is 67.1 Å². The third-order valence-corrected chi connectivity index (χ3v) is 9.42. The lowest BCUT2D eigenvalue weighted by Gasteiger charge is -2.60. The molecule has 7 heteroatoms. The zero-order valence-electron chi connectivity index (χ0n) is 24.0. The summed E-state index contributed by atoms with van der Waals surface area (Å²) in [5.41, 5.74) is 2.73. The third kappa shape index (κ3) is 4.16. The van der Waals surface area contributed by atoms with Gasteiger partial charge in [-0.05, 0) is 63.2 Å². The zero-order valence-corrected chi connectivity index (χ0v) is 24.0. The summed E-state index contributed by atoms with van der Waals surface area (Å²) in [5, 5.41) is 0. The van der Waals surface area contributed by atoms with E-state index in [1.165, 1.54) is 6.92 Å². The lowest BCUT2D eigenvalue weighted by molar-refractivity contribution is -0.137. The average molecular weight is 543 g/mol. The summed E-state index contributed by atoms with van der Waals surface area (Å²) in [6.45, 7) is 7.26. The Kier molecular flexibility index (Phi) is 6.78. The summed E-state index contributed by atoms with van der Waals surface area (Å²) < 4.78 is 18.5. The van der Waals surface area contributed by atoms with Crippen molar-refractivity contribution < 1.29 is 23.8 Å². The first-order valence-electron chi connectivity index (χ1n) is 14.4. The molecule has 5 atom stereocenters. The molecule has 40 heavy (non-hydrogen) atoms. The first-order valence-corrected chi connectivity index (χ1v) is 14.4.